The molecule has 0 heterocycles. The van der Waals surface area contributed by atoms with Crippen LogP contribution in [0, 0.1) is 13.8 Å². The monoisotopic (exact) mass is 304 g/mol. The Morgan fingerprint density at radius 1 is 1.00 bits per heavy atom. The molecule has 0 atom stereocenters. The second-order valence-corrected chi connectivity index (χ2v) is 6.85. The maximum Gasteiger partial charge on any atom is 0.240 e. The number of aryl methyl sites for hydroxylation is 2. The molecule has 112 valence electrons. The first-order valence-corrected chi connectivity index (χ1v) is 8.25. The van der Waals surface area contributed by atoms with Gasteiger partial charge in [0.2, 0.25) is 10.0 Å². The van der Waals surface area contributed by atoms with Crippen LogP contribution < -0.4 is 10.0 Å². The molecule has 2 N–H and O–H groups in total. The van der Waals surface area contributed by atoms with Crippen molar-refractivity contribution in [3.05, 3.63) is 59.2 Å². The third kappa shape index (κ3) is 3.62. The quantitative estimate of drug-likeness (QED) is 0.893. The Kier molecular flexibility index (Phi) is 4.65. The lowest BCUT2D eigenvalue weighted by Gasteiger charge is -2.13. The lowest BCUT2D eigenvalue weighted by atomic mass is 10.1. The van der Waals surface area contributed by atoms with Gasteiger partial charge in [0.05, 0.1) is 4.90 Å². The molecular weight excluding hydrogens is 284 g/mol. The van der Waals surface area contributed by atoms with Crippen molar-refractivity contribution in [2.45, 2.75) is 25.3 Å². The summed E-state index contributed by atoms with van der Waals surface area (Å²) < 4.78 is 26.0. The van der Waals surface area contributed by atoms with Gasteiger partial charge in [0.25, 0.3) is 0 Å². The molecule has 0 aromatic heterocycles. The Labute approximate surface area is 126 Å². The molecular formula is C16H20N2O2S. The standard InChI is InChI=1S/C16H20N2O2S/c1-12-6-4-5-7-14(12)11-18-16-10-15(9-8-13(16)2)21(19,20)17-3/h4-10,17-18H,11H2,1-3H3. The Balaban J connectivity index is 2.24. The summed E-state index contributed by atoms with van der Waals surface area (Å²) in [6.45, 7) is 4.68. The van der Waals surface area contributed by atoms with Crippen molar-refractivity contribution in [1.29, 1.82) is 0 Å². The summed E-state index contributed by atoms with van der Waals surface area (Å²) in [5.41, 5.74) is 4.24. The van der Waals surface area contributed by atoms with Gasteiger partial charge in [-0.15, -0.1) is 0 Å². The molecule has 0 saturated heterocycles. The molecule has 0 saturated carbocycles. The van der Waals surface area contributed by atoms with Crippen molar-refractivity contribution in [2.24, 2.45) is 0 Å². The summed E-state index contributed by atoms with van der Waals surface area (Å²) in [5, 5.41) is 3.31. The maximum atomic E-state index is 11.9. The summed E-state index contributed by atoms with van der Waals surface area (Å²) in [6, 6.07) is 13.2. The normalized spacial score (nSPS) is 11.4. The largest absolute Gasteiger partial charge is 0.381 e. The number of sulfonamides is 1. The first-order valence-electron chi connectivity index (χ1n) is 6.76. The summed E-state index contributed by atoms with van der Waals surface area (Å²) in [5.74, 6) is 0. The highest BCUT2D eigenvalue weighted by molar-refractivity contribution is 7.89. The molecule has 4 nitrogen and oxygen atoms in total. The molecule has 0 spiro atoms. The van der Waals surface area contributed by atoms with E-state index in [0.717, 1.165) is 11.3 Å². The molecule has 0 bridgehead atoms. The van der Waals surface area contributed by atoms with Gasteiger partial charge in [-0.2, -0.15) is 0 Å². The van der Waals surface area contributed by atoms with Gasteiger partial charge < -0.3 is 5.32 Å². The molecule has 21 heavy (non-hydrogen) atoms. The van der Waals surface area contributed by atoms with Crippen molar-refractivity contribution in [2.75, 3.05) is 12.4 Å². The number of benzene rings is 2. The topological polar surface area (TPSA) is 58.2 Å². The number of hydrogen-bond acceptors (Lipinski definition) is 3. The summed E-state index contributed by atoms with van der Waals surface area (Å²) >= 11 is 0. The minimum absolute atomic E-state index is 0.267. The third-order valence-electron chi connectivity index (χ3n) is 3.52. The molecule has 0 aliphatic heterocycles. The Bertz CT molecular complexity index is 740. The highest BCUT2D eigenvalue weighted by atomic mass is 32.2. The van der Waals surface area contributed by atoms with Gasteiger partial charge in [0.1, 0.15) is 0 Å². The van der Waals surface area contributed by atoms with E-state index >= 15 is 0 Å². The molecule has 0 aliphatic carbocycles. The van der Waals surface area contributed by atoms with E-state index in [-0.39, 0.29) is 4.90 Å². The minimum Gasteiger partial charge on any atom is -0.381 e. The van der Waals surface area contributed by atoms with E-state index in [1.165, 1.54) is 18.2 Å². The highest BCUT2D eigenvalue weighted by Gasteiger charge is 2.12. The van der Waals surface area contributed by atoms with Crippen LogP contribution in [-0.2, 0) is 16.6 Å². The molecule has 0 aliphatic rings. The van der Waals surface area contributed by atoms with Gasteiger partial charge >= 0.3 is 0 Å². The molecule has 0 amide bonds. The van der Waals surface area contributed by atoms with Crippen LogP contribution in [0.4, 0.5) is 5.69 Å². The summed E-state index contributed by atoms with van der Waals surface area (Å²) in [6.07, 6.45) is 0. The third-order valence-corrected chi connectivity index (χ3v) is 4.93. The van der Waals surface area contributed by atoms with Crippen LogP contribution >= 0.6 is 0 Å². The van der Waals surface area contributed by atoms with E-state index in [9.17, 15) is 8.42 Å². The SMILES string of the molecule is CNS(=O)(=O)c1ccc(C)c(NCc2ccccc2C)c1. The number of nitrogens with one attached hydrogen (secondary N) is 2. The number of rotatable bonds is 5. The van der Waals surface area contributed by atoms with Crippen LogP contribution in [0.5, 0.6) is 0 Å². The van der Waals surface area contributed by atoms with E-state index < -0.39 is 10.0 Å². The average Bonchev–Trinajstić information content (AvgIpc) is 2.47. The minimum atomic E-state index is -3.42. The molecule has 2 aromatic carbocycles. The van der Waals surface area contributed by atoms with Crippen LogP contribution in [0.25, 0.3) is 0 Å². The van der Waals surface area contributed by atoms with Crippen LogP contribution in [0.1, 0.15) is 16.7 Å². The fourth-order valence-corrected chi connectivity index (χ4v) is 2.83. The fourth-order valence-electron chi connectivity index (χ4n) is 2.08. The van der Waals surface area contributed by atoms with Crippen LogP contribution in [0.3, 0.4) is 0 Å². The van der Waals surface area contributed by atoms with E-state index in [0.29, 0.717) is 6.54 Å². The smallest absolute Gasteiger partial charge is 0.240 e. The average molecular weight is 304 g/mol. The van der Waals surface area contributed by atoms with Gasteiger partial charge in [-0.3, -0.25) is 0 Å². The fraction of sp³-hybridized carbons (Fsp3) is 0.250. The van der Waals surface area contributed by atoms with E-state index in [1.54, 1.807) is 12.1 Å². The zero-order valence-electron chi connectivity index (χ0n) is 12.5. The zero-order chi connectivity index (χ0) is 15.5. The number of anilines is 1. The van der Waals surface area contributed by atoms with Gasteiger partial charge in [-0.25, -0.2) is 13.1 Å². The van der Waals surface area contributed by atoms with E-state index in [4.69, 9.17) is 0 Å². The Hall–Kier alpha value is -1.85. The van der Waals surface area contributed by atoms with Crippen molar-refractivity contribution in [3.63, 3.8) is 0 Å². The second kappa shape index (κ2) is 6.28. The summed E-state index contributed by atoms with van der Waals surface area (Å²) in [4.78, 5) is 0.267. The lowest BCUT2D eigenvalue weighted by molar-refractivity contribution is 0.588. The van der Waals surface area contributed by atoms with Crippen LogP contribution in [0.15, 0.2) is 47.4 Å². The molecule has 2 aromatic rings. The van der Waals surface area contributed by atoms with Gasteiger partial charge in [-0.05, 0) is 49.7 Å². The zero-order valence-corrected chi connectivity index (χ0v) is 13.3. The van der Waals surface area contributed by atoms with Crippen molar-refractivity contribution in [1.82, 2.24) is 4.72 Å². The maximum absolute atomic E-state index is 11.9. The molecule has 2 rings (SSSR count). The van der Waals surface area contributed by atoms with E-state index in [1.807, 2.05) is 25.1 Å². The second-order valence-electron chi connectivity index (χ2n) is 4.96. The van der Waals surface area contributed by atoms with Gasteiger partial charge in [0.15, 0.2) is 0 Å². The predicted octanol–water partition coefficient (Wildman–Crippen LogP) is 2.82. The molecule has 0 radical (unpaired) electrons. The summed E-state index contributed by atoms with van der Waals surface area (Å²) in [7, 11) is -2.01. The Morgan fingerprint density at radius 3 is 2.38 bits per heavy atom. The predicted molar refractivity (Wildman–Crippen MR) is 85.9 cm³/mol. The van der Waals surface area contributed by atoms with Crippen molar-refractivity contribution >= 4 is 15.7 Å². The van der Waals surface area contributed by atoms with Crippen molar-refractivity contribution < 1.29 is 8.42 Å². The molecule has 5 heteroatoms. The first kappa shape index (κ1) is 15.5. The van der Waals surface area contributed by atoms with Gasteiger partial charge in [0, 0.05) is 12.2 Å². The number of hydrogen-bond donors (Lipinski definition) is 2. The first-order chi connectivity index (χ1) is 9.94. The van der Waals surface area contributed by atoms with Gasteiger partial charge in [-0.1, -0.05) is 30.3 Å². The van der Waals surface area contributed by atoms with Crippen molar-refractivity contribution in [3.8, 4) is 0 Å². The van der Waals surface area contributed by atoms with E-state index in [2.05, 4.69) is 29.1 Å². The van der Waals surface area contributed by atoms with Crippen LogP contribution in [0.2, 0.25) is 0 Å². The molecule has 0 fully saturated rings. The Morgan fingerprint density at radius 2 is 1.71 bits per heavy atom. The molecule has 0 unspecified atom stereocenters. The highest BCUT2D eigenvalue weighted by Crippen LogP contribution is 2.21. The lowest BCUT2D eigenvalue weighted by Crippen LogP contribution is -2.18. The van der Waals surface area contributed by atoms with Crippen LogP contribution in [-0.4, -0.2) is 15.5 Å².